The monoisotopic (exact) mass is 238 g/mol. The topological polar surface area (TPSA) is 9.23 Å². The number of hydrogen-bond donors (Lipinski definition) is 0. The summed E-state index contributed by atoms with van der Waals surface area (Å²) >= 11 is 0. The molecule has 6 heteroatoms. The average molecular weight is 238 g/mol. The Morgan fingerprint density at radius 3 is 2.47 bits per heavy atom. The molecule has 0 aromatic heterocycles. The van der Waals surface area contributed by atoms with Gasteiger partial charge in [-0.25, -0.2) is 0 Å². The van der Waals surface area contributed by atoms with Crippen molar-refractivity contribution in [3.63, 3.8) is 0 Å². The fraction of sp³-hybridized carbons (Fsp3) is 0.111. The van der Waals surface area contributed by atoms with Gasteiger partial charge in [0.15, 0.2) is 0 Å². The zero-order valence-corrected chi connectivity index (χ0v) is 11.6. The van der Waals surface area contributed by atoms with E-state index < -0.39 is 6.98 Å². The van der Waals surface area contributed by atoms with Crippen molar-refractivity contribution in [3.05, 3.63) is 29.8 Å². The Hall–Kier alpha value is 0.0713. The molecule has 0 saturated heterocycles. The van der Waals surface area contributed by atoms with Crippen LogP contribution in [0.2, 0.25) is 0 Å². The molecule has 0 fully saturated rings. The summed E-state index contributed by atoms with van der Waals surface area (Å²) in [6.07, 6.45) is 0. The minimum absolute atomic E-state index is 0. The summed E-state index contributed by atoms with van der Waals surface area (Å²) in [7, 11) is 1.44. The van der Waals surface area contributed by atoms with Crippen LogP contribution in [0.25, 0.3) is 0 Å². The molecular formula is C9H7BF3KO. The molecule has 0 bridgehead atoms. The Morgan fingerprint density at radius 1 is 1.27 bits per heavy atom. The van der Waals surface area contributed by atoms with Crippen molar-refractivity contribution in [1.29, 1.82) is 0 Å². The number of halogens is 3. The molecule has 1 aromatic rings. The first-order valence-corrected chi connectivity index (χ1v) is 3.88. The first-order valence-electron chi connectivity index (χ1n) is 3.88. The quantitative estimate of drug-likeness (QED) is 0.470. The van der Waals surface area contributed by atoms with Gasteiger partial charge in [0.2, 0.25) is 0 Å². The Labute approximate surface area is 129 Å². The summed E-state index contributed by atoms with van der Waals surface area (Å²) in [5.74, 6) is 3.77. The molecule has 15 heavy (non-hydrogen) atoms. The molecule has 1 aromatic carbocycles. The van der Waals surface area contributed by atoms with E-state index in [0.717, 1.165) is 0 Å². The van der Waals surface area contributed by atoms with Crippen molar-refractivity contribution in [2.45, 2.75) is 0 Å². The largest absolute Gasteiger partial charge is 1.00 e. The smallest absolute Gasteiger partial charge is 0.497 e. The zero-order valence-electron chi connectivity index (χ0n) is 8.43. The van der Waals surface area contributed by atoms with E-state index in [-0.39, 0.29) is 51.4 Å². The van der Waals surface area contributed by atoms with Crippen molar-refractivity contribution in [2.75, 3.05) is 7.11 Å². The van der Waals surface area contributed by atoms with Crippen LogP contribution in [0.1, 0.15) is 5.56 Å². The third-order valence-electron chi connectivity index (χ3n) is 1.45. The first-order chi connectivity index (χ1) is 6.51. The number of rotatable bonds is 1. The van der Waals surface area contributed by atoms with Crippen LogP contribution < -0.4 is 56.1 Å². The van der Waals surface area contributed by atoms with E-state index in [1.807, 2.05) is 5.92 Å². The van der Waals surface area contributed by atoms with Crippen LogP contribution in [-0.2, 0) is 0 Å². The summed E-state index contributed by atoms with van der Waals surface area (Å²) < 4.78 is 40.2. The number of ether oxygens (including phenoxy) is 1. The van der Waals surface area contributed by atoms with Crippen LogP contribution in [0.15, 0.2) is 24.3 Å². The SMILES string of the molecule is COc1cccc(C#C[B-](F)(F)F)c1.[K+]. The zero-order chi connectivity index (χ0) is 10.6. The molecule has 1 rings (SSSR count). The van der Waals surface area contributed by atoms with Crippen molar-refractivity contribution in [2.24, 2.45) is 0 Å². The maximum atomic E-state index is 11.8. The Bertz CT molecular complexity index is 381. The Kier molecular flexibility index (Phi) is 6.64. The summed E-state index contributed by atoms with van der Waals surface area (Å²) in [6, 6.07) is 6.18. The third-order valence-corrected chi connectivity index (χ3v) is 1.45. The fourth-order valence-electron chi connectivity index (χ4n) is 0.866. The van der Waals surface area contributed by atoms with Crippen molar-refractivity contribution in [3.8, 4) is 17.5 Å². The molecule has 0 N–H and O–H groups in total. The standard InChI is InChI=1S/C9H7BF3O.K/c1-14-9-4-2-3-8(7-9)5-6-10(11,12)13;/h2-4,7H,1H3;/q-1;+1. The maximum absolute atomic E-state index is 11.8. The van der Waals surface area contributed by atoms with Gasteiger partial charge in [0, 0.05) is 5.56 Å². The molecule has 74 valence electrons. The van der Waals surface area contributed by atoms with Crippen LogP contribution in [0.3, 0.4) is 0 Å². The number of hydrogen-bond acceptors (Lipinski definition) is 1. The normalized spacial score (nSPS) is 9.60. The van der Waals surface area contributed by atoms with Crippen LogP contribution in [0.5, 0.6) is 5.75 Å². The Morgan fingerprint density at radius 2 is 1.93 bits per heavy atom. The number of benzene rings is 1. The van der Waals surface area contributed by atoms with Crippen molar-refractivity contribution in [1.82, 2.24) is 0 Å². The molecule has 0 atom stereocenters. The van der Waals surface area contributed by atoms with Gasteiger partial charge in [-0.3, -0.25) is 0 Å². The number of methoxy groups -OCH3 is 1. The molecule has 0 radical (unpaired) electrons. The van der Waals surface area contributed by atoms with Gasteiger partial charge in [-0.05, 0) is 18.2 Å². The molecule has 0 unspecified atom stereocenters. The second-order valence-electron chi connectivity index (χ2n) is 2.58. The van der Waals surface area contributed by atoms with Crippen LogP contribution in [0, 0.1) is 11.7 Å². The van der Waals surface area contributed by atoms with E-state index in [2.05, 4.69) is 0 Å². The second-order valence-corrected chi connectivity index (χ2v) is 2.58. The minimum Gasteiger partial charge on any atom is -0.497 e. The van der Waals surface area contributed by atoms with E-state index in [1.54, 1.807) is 12.1 Å². The van der Waals surface area contributed by atoms with E-state index in [4.69, 9.17) is 4.74 Å². The van der Waals surface area contributed by atoms with Gasteiger partial charge in [-0.1, -0.05) is 6.07 Å². The van der Waals surface area contributed by atoms with E-state index in [1.165, 1.54) is 25.1 Å². The van der Waals surface area contributed by atoms with E-state index in [0.29, 0.717) is 11.3 Å². The van der Waals surface area contributed by atoms with Gasteiger partial charge in [0.25, 0.3) is 0 Å². The van der Waals surface area contributed by atoms with Gasteiger partial charge in [0.05, 0.1) is 7.11 Å². The van der Waals surface area contributed by atoms with Crippen molar-refractivity contribution < 1.29 is 69.1 Å². The molecule has 0 saturated carbocycles. The molecule has 0 aliphatic heterocycles. The molecule has 0 aliphatic rings. The van der Waals surface area contributed by atoms with Crippen LogP contribution in [0.4, 0.5) is 12.9 Å². The third kappa shape index (κ3) is 6.28. The summed E-state index contributed by atoms with van der Waals surface area (Å²) in [6.45, 7) is -5.05. The van der Waals surface area contributed by atoms with Crippen LogP contribution in [-0.4, -0.2) is 14.1 Å². The van der Waals surface area contributed by atoms with Crippen molar-refractivity contribution >= 4 is 6.98 Å². The first kappa shape index (κ1) is 15.1. The molecule has 0 aliphatic carbocycles. The average Bonchev–Trinajstić information content (AvgIpc) is 2.14. The summed E-state index contributed by atoms with van der Waals surface area (Å²) in [4.78, 5) is 0. The molecule has 0 amide bonds. The second kappa shape index (κ2) is 6.61. The molecular weight excluding hydrogens is 231 g/mol. The maximum Gasteiger partial charge on any atom is 1.00 e. The minimum atomic E-state index is -5.05. The van der Waals surface area contributed by atoms with Gasteiger partial charge in [0.1, 0.15) is 5.75 Å². The van der Waals surface area contributed by atoms with Crippen LogP contribution >= 0.6 is 0 Å². The molecule has 1 nitrogen and oxygen atoms in total. The van der Waals surface area contributed by atoms with E-state index >= 15 is 0 Å². The van der Waals surface area contributed by atoms with Gasteiger partial charge in [-0.2, -0.15) is 5.82 Å². The van der Waals surface area contributed by atoms with Gasteiger partial charge < -0.3 is 17.7 Å². The van der Waals surface area contributed by atoms with Gasteiger partial charge >= 0.3 is 58.4 Å². The summed E-state index contributed by atoms with van der Waals surface area (Å²) in [5.41, 5.74) is 0.295. The summed E-state index contributed by atoms with van der Waals surface area (Å²) in [5, 5.41) is 0. The fourth-order valence-corrected chi connectivity index (χ4v) is 0.866. The predicted molar refractivity (Wildman–Crippen MR) is 49.0 cm³/mol. The Balaban J connectivity index is 0.00000196. The molecule has 0 spiro atoms. The van der Waals surface area contributed by atoms with Gasteiger partial charge in [-0.15, -0.1) is 5.92 Å². The van der Waals surface area contributed by atoms with E-state index in [9.17, 15) is 12.9 Å². The predicted octanol–water partition coefficient (Wildman–Crippen LogP) is -0.563. The molecule has 0 heterocycles.